The van der Waals surface area contributed by atoms with Crippen LogP contribution in [-0.4, -0.2) is 46.0 Å². The van der Waals surface area contributed by atoms with Crippen molar-refractivity contribution < 1.29 is 24.6 Å². The molecule has 0 bridgehead atoms. The van der Waals surface area contributed by atoms with E-state index in [1.807, 2.05) is 0 Å². The largest absolute Gasteiger partial charge is 0.478 e. The zero-order valence-corrected chi connectivity index (χ0v) is 20.2. The predicted molar refractivity (Wildman–Crippen MR) is 129 cm³/mol. The van der Waals surface area contributed by atoms with Crippen LogP contribution in [0.1, 0.15) is 122 Å². The number of nitrogens with zero attached hydrogens (tertiary/aromatic N) is 1. The number of carbonyl (C=O) groups excluding carboxylic acids is 2. The maximum atomic E-state index is 11.5. The maximum absolute atomic E-state index is 11.5. The van der Waals surface area contributed by atoms with E-state index in [0.717, 1.165) is 25.3 Å². The SMILES string of the molecule is C=CC(=O)O.O=C1CCC(=O)N1CCCCCCCCCCCCCCCCCCCO. The second-order valence-corrected chi connectivity index (χ2v) is 8.72. The molecule has 2 amide bonds. The number of aliphatic hydroxyl groups is 1. The van der Waals surface area contributed by atoms with Gasteiger partial charge in [-0.15, -0.1) is 0 Å². The Hall–Kier alpha value is -1.69. The highest BCUT2D eigenvalue weighted by atomic mass is 16.4. The molecule has 0 aromatic heterocycles. The van der Waals surface area contributed by atoms with Crippen molar-refractivity contribution in [2.75, 3.05) is 13.2 Å². The van der Waals surface area contributed by atoms with Crippen molar-refractivity contribution in [1.82, 2.24) is 4.90 Å². The van der Waals surface area contributed by atoms with E-state index in [9.17, 15) is 14.4 Å². The number of carbonyl (C=O) groups is 3. The molecule has 0 atom stereocenters. The number of aliphatic hydroxyl groups excluding tert-OH is 1. The third kappa shape index (κ3) is 19.0. The monoisotopic (exact) mass is 453 g/mol. The van der Waals surface area contributed by atoms with Crippen LogP contribution in [0.15, 0.2) is 12.7 Å². The smallest absolute Gasteiger partial charge is 0.327 e. The lowest BCUT2D eigenvalue weighted by atomic mass is 10.0. The first-order chi connectivity index (χ1) is 15.5. The zero-order valence-electron chi connectivity index (χ0n) is 20.2. The lowest BCUT2D eigenvalue weighted by molar-refractivity contribution is -0.138. The summed E-state index contributed by atoms with van der Waals surface area (Å²) >= 11 is 0. The second-order valence-electron chi connectivity index (χ2n) is 8.72. The van der Waals surface area contributed by atoms with Crippen LogP contribution < -0.4 is 0 Å². The summed E-state index contributed by atoms with van der Waals surface area (Å²) in [5.74, 6) is -0.930. The summed E-state index contributed by atoms with van der Waals surface area (Å²) in [5.41, 5.74) is 0. The van der Waals surface area contributed by atoms with E-state index in [4.69, 9.17) is 10.2 Å². The van der Waals surface area contributed by atoms with E-state index in [0.29, 0.717) is 26.0 Å². The molecule has 0 spiro atoms. The average Bonchev–Trinajstić information content (AvgIpc) is 3.10. The quantitative estimate of drug-likeness (QED) is 0.134. The molecule has 0 aliphatic carbocycles. The summed E-state index contributed by atoms with van der Waals surface area (Å²) in [5, 5.41) is 16.3. The molecule has 0 aromatic rings. The summed E-state index contributed by atoms with van der Waals surface area (Å²) in [6.45, 7) is 3.95. The van der Waals surface area contributed by atoms with Crippen LogP contribution >= 0.6 is 0 Å². The summed E-state index contributed by atoms with van der Waals surface area (Å²) in [6, 6.07) is 0. The van der Waals surface area contributed by atoms with E-state index in [2.05, 4.69) is 6.58 Å². The number of hydrogen-bond acceptors (Lipinski definition) is 4. The van der Waals surface area contributed by atoms with Gasteiger partial charge < -0.3 is 10.2 Å². The number of amides is 2. The van der Waals surface area contributed by atoms with Gasteiger partial charge in [-0.1, -0.05) is 103 Å². The molecule has 1 heterocycles. The van der Waals surface area contributed by atoms with E-state index >= 15 is 0 Å². The molecule has 1 saturated heterocycles. The van der Waals surface area contributed by atoms with Gasteiger partial charge in [-0.25, -0.2) is 4.79 Å². The van der Waals surface area contributed by atoms with Gasteiger partial charge in [0.05, 0.1) is 0 Å². The minimum absolute atomic E-state index is 0.0260. The molecule has 6 nitrogen and oxygen atoms in total. The molecule has 186 valence electrons. The number of rotatable bonds is 20. The van der Waals surface area contributed by atoms with Crippen LogP contribution in [0, 0.1) is 0 Å². The number of carboxylic acids is 1. The van der Waals surface area contributed by atoms with E-state index < -0.39 is 5.97 Å². The first-order valence-corrected chi connectivity index (χ1v) is 12.8. The van der Waals surface area contributed by atoms with Gasteiger partial charge in [-0.05, 0) is 12.8 Å². The van der Waals surface area contributed by atoms with Crippen LogP contribution in [0.4, 0.5) is 0 Å². The summed E-state index contributed by atoms with van der Waals surface area (Å²) < 4.78 is 0. The second kappa shape index (κ2) is 22.5. The summed E-state index contributed by atoms with van der Waals surface area (Å²) in [4.78, 5) is 33.7. The Morgan fingerprint density at radius 2 is 0.969 bits per heavy atom. The highest BCUT2D eigenvalue weighted by Crippen LogP contribution is 2.15. The molecule has 1 aliphatic rings. The molecule has 1 aliphatic heterocycles. The molecule has 1 fully saturated rings. The molecule has 0 radical (unpaired) electrons. The Kier molecular flexibility index (Phi) is 21.3. The minimum Gasteiger partial charge on any atom is -0.478 e. The average molecular weight is 454 g/mol. The van der Waals surface area contributed by atoms with Crippen LogP contribution in [0.3, 0.4) is 0 Å². The van der Waals surface area contributed by atoms with Gasteiger partial charge in [0, 0.05) is 32.1 Å². The van der Waals surface area contributed by atoms with Gasteiger partial charge in [0.1, 0.15) is 0 Å². The first-order valence-electron chi connectivity index (χ1n) is 12.8. The molecule has 0 unspecified atom stereocenters. The fourth-order valence-electron chi connectivity index (χ4n) is 3.91. The number of imide groups is 1. The Bertz CT molecular complexity index is 490. The van der Waals surface area contributed by atoms with Gasteiger partial charge in [0.25, 0.3) is 0 Å². The standard InChI is InChI=1S/C23H43NO3.C3H4O2/c25-21-17-15-13-11-9-7-5-3-1-2-4-6-8-10-12-14-16-20-24-22(26)18-19-23(24)27;1-2-3(4)5/h25H,1-21H2;2H,1H2,(H,4,5). The Morgan fingerprint density at radius 1 is 0.688 bits per heavy atom. The van der Waals surface area contributed by atoms with Gasteiger partial charge in [0.2, 0.25) is 11.8 Å². The van der Waals surface area contributed by atoms with Crippen molar-refractivity contribution in [3.05, 3.63) is 12.7 Å². The van der Waals surface area contributed by atoms with E-state index in [1.54, 1.807) is 0 Å². The maximum Gasteiger partial charge on any atom is 0.327 e. The van der Waals surface area contributed by atoms with Gasteiger partial charge in [-0.3, -0.25) is 14.5 Å². The summed E-state index contributed by atoms with van der Waals surface area (Å²) in [6.07, 6.45) is 23.5. The van der Waals surface area contributed by atoms with Crippen LogP contribution in [-0.2, 0) is 14.4 Å². The Balaban J connectivity index is 0.00000172. The molecule has 32 heavy (non-hydrogen) atoms. The van der Waals surface area contributed by atoms with E-state index in [1.165, 1.54) is 94.8 Å². The number of likely N-dealkylation sites (tertiary alicyclic amines) is 1. The van der Waals surface area contributed by atoms with Crippen molar-refractivity contribution in [2.24, 2.45) is 0 Å². The molecule has 1 rings (SSSR count). The molecule has 0 aromatic carbocycles. The van der Waals surface area contributed by atoms with Gasteiger partial charge in [-0.2, -0.15) is 0 Å². The van der Waals surface area contributed by atoms with Crippen molar-refractivity contribution in [1.29, 1.82) is 0 Å². The normalized spacial score (nSPS) is 13.2. The first kappa shape index (κ1) is 30.3. The molecule has 2 N–H and O–H groups in total. The van der Waals surface area contributed by atoms with Crippen LogP contribution in [0.25, 0.3) is 0 Å². The van der Waals surface area contributed by atoms with Gasteiger partial charge >= 0.3 is 5.97 Å². The number of aliphatic carboxylic acids is 1. The summed E-state index contributed by atoms with van der Waals surface area (Å²) in [7, 11) is 0. The minimum atomic E-state index is -0.981. The molecular weight excluding hydrogens is 406 g/mol. The lowest BCUT2D eigenvalue weighted by Gasteiger charge is -2.13. The number of carboxylic acid groups (broad SMARTS) is 1. The Labute approximate surface area is 195 Å². The highest BCUT2D eigenvalue weighted by molar-refractivity contribution is 6.01. The van der Waals surface area contributed by atoms with Crippen molar-refractivity contribution >= 4 is 17.8 Å². The topological polar surface area (TPSA) is 94.9 Å². The van der Waals surface area contributed by atoms with Crippen LogP contribution in [0.2, 0.25) is 0 Å². The predicted octanol–water partition coefficient (Wildman–Crippen LogP) is 6.02. The molecule has 6 heteroatoms. The van der Waals surface area contributed by atoms with Crippen molar-refractivity contribution in [2.45, 2.75) is 122 Å². The molecular formula is C26H47NO5. The van der Waals surface area contributed by atoms with E-state index in [-0.39, 0.29) is 11.8 Å². The lowest BCUT2D eigenvalue weighted by Crippen LogP contribution is -2.29. The van der Waals surface area contributed by atoms with Crippen molar-refractivity contribution in [3.63, 3.8) is 0 Å². The molecule has 0 saturated carbocycles. The third-order valence-corrected chi connectivity index (χ3v) is 5.87. The van der Waals surface area contributed by atoms with Gasteiger partial charge in [0.15, 0.2) is 0 Å². The third-order valence-electron chi connectivity index (χ3n) is 5.87. The zero-order chi connectivity index (χ0) is 23.9. The fraction of sp³-hybridized carbons (Fsp3) is 0.808. The fourth-order valence-corrected chi connectivity index (χ4v) is 3.91. The highest BCUT2D eigenvalue weighted by Gasteiger charge is 2.27. The van der Waals surface area contributed by atoms with Crippen molar-refractivity contribution in [3.8, 4) is 0 Å². The number of unbranched alkanes of at least 4 members (excludes halogenated alkanes) is 16. The number of hydrogen-bond donors (Lipinski definition) is 2. The van der Waals surface area contributed by atoms with Crippen LogP contribution in [0.5, 0.6) is 0 Å². The Morgan fingerprint density at radius 3 is 1.25 bits per heavy atom.